The molecule has 5 heteroatoms. The Morgan fingerprint density at radius 1 is 1.04 bits per heavy atom. The third-order valence-corrected chi connectivity index (χ3v) is 3.18. The number of benzene rings is 2. The second-order valence-electron chi connectivity index (χ2n) is 4.68. The molecule has 23 heavy (non-hydrogen) atoms. The van der Waals surface area contributed by atoms with Crippen LogP contribution in [0.3, 0.4) is 0 Å². The van der Waals surface area contributed by atoms with Gasteiger partial charge in [0.25, 0.3) is 0 Å². The van der Waals surface area contributed by atoms with Crippen LogP contribution in [0.15, 0.2) is 54.6 Å². The highest BCUT2D eigenvalue weighted by Gasteiger charge is 1.97. The molecule has 0 aliphatic heterocycles. The van der Waals surface area contributed by atoms with Gasteiger partial charge in [-0.1, -0.05) is 24.3 Å². The molecule has 0 saturated carbocycles. The van der Waals surface area contributed by atoms with Gasteiger partial charge in [0.05, 0.1) is 14.2 Å². The Kier molecular flexibility index (Phi) is 7.71. The molecule has 0 fully saturated rings. The second-order valence-corrected chi connectivity index (χ2v) is 4.68. The Morgan fingerprint density at radius 3 is 2.26 bits per heavy atom. The summed E-state index contributed by atoms with van der Waals surface area (Å²) in [6, 6.07) is 15.8. The van der Waals surface area contributed by atoms with Crippen LogP contribution in [0, 0.1) is 0 Å². The van der Waals surface area contributed by atoms with Crippen molar-refractivity contribution in [1.82, 2.24) is 0 Å². The van der Waals surface area contributed by atoms with Crippen molar-refractivity contribution < 1.29 is 14.3 Å². The van der Waals surface area contributed by atoms with E-state index in [0.717, 1.165) is 29.1 Å². The molecule has 0 aromatic heterocycles. The zero-order valence-electron chi connectivity index (χ0n) is 13.1. The maximum Gasteiger partial charge on any atom is 0.330 e. The van der Waals surface area contributed by atoms with Crippen molar-refractivity contribution in [3.05, 3.63) is 65.7 Å². The van der Waals surface area contributed by atoms with Crippen molar-refractivity contribution in [2.45, 2.75) is 6.54 Å². The second kappa shape index (κ2) is 9.54. The van der Waals surface area contributed by atoms with E-state index in [1.54, 1.807) is 13.2 Å². The summed E-state index contributed by atoms with van der Waals surface area (Å²) in [6.45, 7) is 0.729. The summed E-state index contributed by atoms with van der Waals surface area (Å²) < 4.78 is 9.68. The fraction of sp³-hybridized carbons (Fsp3) is 0.167. The standard InChI is InChI=1S/C18H19NO3.ClH/c1-21-17-10-8-16(9-11-17)19-13-15-5-3-14(4-6-15)7-12-18(20)22-2;/h3-12,19H,13H2,1-2H3;1H. The van der Waals surface area contributed by atoms with Gasteiger partial charge in [0.15, 0.2) is 0 Å². The van der Waals surface area contributed by atoms with E-state index in [0.29, 0.717) is 0 Å². The van der Waals surface area contributed by atoms with E-state index >= 15 is 0 Å². The highest BCUT2D eigenvalue weighted by Crippen LogP contribution is 2.16. The maximum atomic E-state index is 11.0. The predicted octanol–water partition coefficient (Wildman–Crippen LogP) is 3.92. The maximum absolute atomic E-state index is 11.0. The summed E-state index contributed by atoms with van der Waals surface area (Å²) in [6.07, 6.45) is 3.14. The largest absolute Gasteiger partial charge is 0.497 e. The van der Waals surface area contributed by atoms with Crippen LogP contribution in [-0.4, -0.2) is 20.2 Å². The van der Waals surface area contributed by atoms with E-state index in [-0.39, 0.29) is 18.4 Å². The molecule has 0 radical (unpaired) electrons. The number of ether oxygens (including phenoxy) is 2. The van der Waals surface area contributed by atoms with Crippen LogP contribution in [0.2, 0.25) is 0 Å². The molecule has 2 rings (SSSR count). The number of hydrogen-bond donors (Lipinski definition) is 1. The quantitative estimate of drug-likeness (QED) is 0.643. The summed E-state index contributed by atoms with van der Waals surface area (Å²) >= 11 is 0. The first-order valence-electron chi connectivity index (χ1n) is 6.94. The zero-order chi connectivity index (χ0) is 15.8. The van der Waals surface area contributed by atoms with Gasteiger partial charge in [0.2, 0.25) is 0 Å². The number of halogens is 1. The molecule has 0 aliphatic rings. The number of esters is 1. The Morgan fingerprint density at radius 2 is 1.70 bits per heavy atom. The Bertz CT molecular complexity index is 636. The third-order valence-electron chi connectivity index (χ3n) is 3.18. The molecular weight excluding hydrogens is 314 g/mol. The lowest BCUT2D eigenvalue weighted by molar-refractivity contribution is -0.134. The minimum Gasteiger partial charge on any atom is -0.497 e. The third kappa shape index (κ3) is 6.04. The average molecular weight is 334 g/mol. The molecule has 2 aromatic carbocycles. The first-order valence-corrected chi connectivity index (χ1v) is 6.94. The highest BCUT2D eigenvalue weighted by molar-refractivity contribution is 5.86. The highest BCUT2D eigenvalue weighted by atomic mass is 35.5. The summed E-state index contributed by atoms with van der Waals surface area (Å²) in [5.74, 6) is 0.484. The van der Waals surface area contributed by atoms with Gasteiger partial charge >= 0.3 is 5.97 Å². The molecule has 0 heterocycles. The first kappa shape index (κ1) is 18.6. The van der Waals surface area contributed by atoms with Crippen molar-refractivity contribution in [2.24, 2.45) is 0 Å². The van der Waals surface area contributed by atoms with Crippen molar-refractivity contribution in [3.63, 3.8) is 0 Å². The van der Waals surface area contributed by atoms with Crippen LogP contribution >= 0.6 is 12.4 Å². The summed E-state index contributed by atoms with van der Waals surface area (Å²) in [7, 11) is 3.01. The lowest BCUT2D eigenvalue weighted by atomic mass is 10.1. The van der Waals surface area contributed by atoms with Crippen LogP contribution in [0.1, 0.15) is 11.1 Å². The van der Waals surface area contributed by atoms with E-state index in [1.165, 1.54) is 13.2 Å². The molecule has 0 saturated heterocycles. The minimum absolute atomic E-state index is 0. The van der Waals surface area contributed by atoms with Gasteiger partial charge in [-0.15, -0.1) is 12.4 Å². The molecule has 0 bridgehead atoms. The number of carbonyl (C=O) groups excluding carboxylic acids is 1. The Balaban J connectivity index is 0.00000264. The normalized spacial score (nSPS) is 10.0. The molecule has 0 aliphatic carbocycles. The fourth-order valence-electron chi connectivity index (χ4n) is 1.89. The van der Waals surface area contributed by atoms with Gasteiger partial charge < -0.3 is 14.8 Å². The summed E-state index contributed by atoms with van der Waals surface area (Å²) in [5, 5.41) is 3.34. The molecule has 1 N–H and O–H groups in total. The lowest BCUT2D eigenvalue weighted by Gasteiger charge is -2.07. The molecule has 4 nitrogen and oxygen atoms in total. The smallest absolute Gasteiger partial charge is 0.330 e. The SMILES string of the molecule is COC(=O)C=Cc1ccc(CNc2ccc(OC)cc2)cc1.Cl. The fourth-order valence-corrected chi connectivity index (χ4v) is 1.89. The predicted molar refractivity (Wildman–Crippen MR) is 95.1 cm³/mol. The number of methoxy groups -OCH3 is 2. The van der Waals surface area contributed by atoms with Crippen LogP contribution in [0.4, 0.5) is 5.69 Å². The van der Waals surface area contributed by atoms with E-state index < -0.39 is 0 Å². The van der Waals surface area contributed by atoms with E-state index in [9.17, 15) is 4.79 Å². The van der Waals surface area contributed by atoms with Gasteiger partial charge in [-0.2, -0.15) is 0 Å². The molecule has 0 spiro atoms. The Labute approximate surface area is 142 Å². The van der Waals surface area contributed by atoms with Crippen LogP contribution in [0.5, 0.6) is 5.75 Å². The van der Waals surface area contributed by atoms with Crippen LogP contribution in [-0.2, 0) is 16.1 Å². The molecule has 0 amide bonds. The molecule has 122 valence electrons. The molecule has 0 atom stereocenters. The van der Waals surface area contributed by atoms with Crippen molar-refractivity contribution in [1.29, 1.82) is 0 Å². The van der Waals surface area contributed by atoms with Gasteiger partial charge in [0.1, 0.15) is 5.75 Å². The van der Waals surface area contributed by atoms with E-state index in [2.05, 4.69) is 10.1 Å². The number of nitrogens with one attached hydrogen (secondary N) is 1. The number of hydrogen-bond acceptors (Lipinski definition) is 4. The van der Waals surface area contributed by atoms with Crippen molar-refractivity contribution in [3.8, 4) is 5.75 Å². The van der Waals surface area contributed by atoms with Gasteiger partial charge in [-0.05, 0) is 41.5 Å². The van der Waals surface area contributed by atoms with Crippen LogP contribution in [0.25, 0.3) is 6.08 Å². The summed E-state index contributed by atoms with van der Waals surface area (Å²) in [5.41, 5.74) is 3.15. The van der Waals surface area contributed by atoms with Crippen molar-refractivity contribution in [2.75, 3.05) is 19.5 Å². The topological polar surface area (TPSA) is 47.6 Å². The first-order chi connectivity index (χ1) is 10.7. The van der Waals surface area contributed by atoms with E-state index in [4.69, 9.17) is 4.74 Å². The van der Waals surface area contributed by atoms with Crippen molar-refractivity contribution >= 4 is 30.1 Å². The monoisotopic (exact) mass is 333 g/mol. The molecular formula is C18H20ClNO3. The van der Waals surface area contributed by atoms with Crippen LogP contribution < -0.4 is 10.1 Å². The summed E-state index contributed by atoms with van der Waals surface area (Å²) in [4.78, 5) is 11.0. The zero-order valence-corrected chi connectivity index (χ0v) is 13.9. The Hall–Kier alpha value is -2.46. The lowest BCUT2D eigenvalue weighted by Crippen LogP contribution is -1.99. The average Bonchev–Trinajstić information content (AvgIpc) is 2.59. The number of rotatable bonds is 6. The minimum atomic E-state index is -0.356. The van der Waals surface area contributed by atoms with E-state index in [1.807, 2.05) is 48.5 Å². The molecule has 0 unspecified atom stereocenters. The number of carbonyl (C=O) groups is 1. The van der Waals surface area contributed by atoms with Gasteiger partial charge in [-0.3, -0.25) is 0 Å². The molecule has 2 aromatic rings. The number of anilines is 1. The van der Waals surface area contributed by atoms with Gasteiger partial charge in [0, 0.05) is 18.3 Å². The van der Waals surface area contributed by atoms with Gasteiger partial charge in [-0.25, -0.2) is 4.79 Å².